The van der Waals surface area contributed by atoms with Crippen LogP contribution in [0, 0.1) is 0 Å². The molecule has 4 rings (SSSR count). The molecule has 4 atom stereocenters. The molecule has 0 aliphatic carbocycles. The van der Waals surface area contributed by atoms with Gasteiger partial charge in [-0.05, 0) is 99.6 Å². The molecule has 0 amide bonds. The van der Waals surface area contributed by atoms with Gasteiger partial charge in [0.05, 0.1) is 24.4 Å². The Hall–Kier alpha value is -2.04. The van der Waals surface area contributed by atoms with Crippen LogP contribution in [0.3, 0.4) is 0 Å². The van der Waals surface area contributed by atoms with Crippen LogP contribution in [0.4, 0.5) is 0 Å². The first kappa shape index (κ1) is 24.1. The molecule has 2 saturated heterocycles. The van der Waals surface area contributed by atoms with Gasteiger partial charge in [-0.1, -0.05) is 43.5 Å². The van der Waals surface area contributed by atoms with Crippen molar-refractivity contribution in [2.75, 3.05) is 0 Å². The lowest BCUT2D eigenvalue weighted by molar-refractivity contribution is 0.0313. The normalized spacial score (nSPS) is 25.0. The van der Waals surface area contributed by atoms with Crippen LogP contribution in [0.5, 0.6) is 11.5 Å². The fraction of sp³-hybridized carbons (Fsp3) is 0.586. The first-order valence-corrected chi connectivity index (χ1v) is 13.0. The number of aromatic hydroxyl groups is 2. The maximum atomic E-state index is 9.39. The number of unbranched alkanes of at least 4 members (excludes halogenated alkanes) is 2. The van der Waals surface area contributed by atoms with E-state index in [1.165, 1.54) is 68.9 Å². The van der Waals surface area contributed by atoms with Crippen molar-refractivity contribution in [3.05, 3.63) is 59.7 Å². The summed E-state index contributed by atoms with van der Waals surface area (Å²) in [6, 6.07) is 15.1. The summed E-state index contributed by atoms with van der Waals surface area (Å²) in [5.74, 6) is 0.668. The average Bonchev–Trinajstić information content (AvgIpc) is 3.48. The zero-order chi connectivity index (χ0) is 22.9. The third-order valence-corrected chi connectivity index (χ3v) is 7.33. The van der Waals surface area contributed by atoms with Gasteiger partial charge in [-0.25, -0.2) is 0 Å². The molecule has 2 aromatic carbocycles. The molecule has 0 spiro atoms. The second-order valence-electron chi connectivity index (χ2n) is 9.96. The average molecular weight is 453 g/mol. The van der Waals surface area contributed by atoms with Crippen molar-refractivity contribution in [3.63, 3.8) is 0 Å². The van der Waals surface area contributed by atoms with Crippen LogP contribution in [-0.4, -0.2) is 34.6 Å². The largest absolute Gasteiger partial charge is 0.508 e. The SMILES string of the molecule is Oc1ccc(CCC2CCC(CCCCCC3CCC(CCc4ccc(O)cc4)O3)O2)cc1. The summed E-state index contributed by atoms with van der Waals surface area (Å²) < 4.78 is 12.6. The fourth-order valence-corrected chi connectivity index (χ4v) is 5.31. The first-order valence-electron chi connectivity index (χ1n) is 13.0. The number of hydrogen-bond donors (Lipinski definition) is 2. The van der Waals surface area contributed by atoms with Crippen molar-refractivity contribution in [2.24, 2.45) is 0 Å². The van der Waals surface area contributed by atoms with Gasteiger partial charge in [-0.15, -0.1) is 0 Å². The predicted molar refractivity (Wildman–Crippen MR) is 132 cm³/mol. The Labute approximate surface area is 198 Å². The summed E-state index contributed by atoms with van der Waals surface area (Å²) in [4.78, 5) is 0. The van der Waals surface area contributed by atoms with E-state index < -0.39 is 0 Å². The Balaban J connectivity index is 1.01. The molecule has 0 aromatic heterocycles. The lowest BCUT2D eigenvalue weighted by Crippen LogP contribution is -2.12. The topological polar surface area (TPSA) is 58.9 Å². The molecule has 4 heteroatoms. The van der Waals surface area contributed by atoms with E-state index in [1.807, 2.05) is 24.3 Å². The highest BCUT2D eigenvalue weighted by Crippen LogP contribution is 2.29. The Morgan fingerprint density at radius 2 is 0.879 bits per heavy atom. The number of aryl methyl sites for hydroxylation is 2. The van der Waals surface area contributed by atoms with Crippen LogP contribution < -0.4 is 0 Å². The molecular weight excluding hydrogens is 412 g/mol. The molecular formula is C29H40O4. The van der Waals surface area contributed by atoms with Crippen LogP contribution in [0.25, 0.3) is 0 Å². The summed E-state index contributed by atoms with van der Waals surface area (Å²) in [5.41, 5.74) is 2.55. The second-order valence-corrected chi connectivity index (χ2v) is 9.96. The van der Waals surface area contributed by atoms with Gasteiger partial charge in [0.25, 0.3) is 0 Å². The van der Waals surface area contributed by atoms with E-state index in [0.717, 1.165) is 25.7 Å². The minimum atomic E-state index is 0.334. The molecule has 2 aliphatic heterocycles. The molecule has 0 bridgehead atoms. The van der Waals surface area contributed by atoms with Gasteiger partial charge in [0.15, 0.2) is 0 Å². The van der Waals surface area contributed by atoms with E-state index in [-0.39, 0.29) is 0 Å². The first-order chi connectivity index (χ1) is 16.1. The van der Waals surface area contributed by atoms with E-state index in [9.17, 15) is 10.2 Å². The maximum Gasteiger partial charge on any atom is 0.115 e. The molecule has 33 heavy (non-hydrogen) atoms. The van der Waals surface area contributed by atoms with E-state index >= 15 is 0 Å². The van der Waals surface area contributed by atoms with Crippen LogP contribution in [0.15, 0.2) is 48.5 Å². The standard InChI is InChI=1S/C29H40O4/c30-24-12-6-22(7-13-24)10-16-28-20-18-26(32-28)4-2-1-3-5-27-19-21-29(33-27)17-11-23-8-14-25(31)15-9-23/h6-9,12-15,26-31H,1-5,10-11,16-21H2. The molecule has 2 heterocycles. The van der Waals surface area contributed by atoms with Crippen molar-refractivity contribution < 1.29 is 19.7 Å². The summed E-state index contributed by atoms with van der Waals surface area (Å²) in [6.45, 7) is 0. The number of rotatable bonds is 12. The summed E-state index contributed by atoms with van der Waals surface area (Å²) in [5, 5.41) is 18.8. The van der Waals surface area contributed by atoms with Gasteiger partial charge in [0, 0.05) is 0 Å². The molecule has 2 fully saturated rings. The molecule has 0 radical (unpaired) electrons. The van der Waals surface area contributed by atoms with E-state index in [0.29, 0.717) is 35.9 Å². The lowest BCUT2D eigenvalue weighted by Gasteiger charge is -2.15. The molecule has 0 saturated carbocycles. The van der Waals surface area contributed by atoms with Gasteiger partial charge in [-0.2, -0.15) is 0 Å². The molecule has 4 unspecified atom stereocenters. The number of ether oxygens (including phenoxy) is 2. The van der Waals surface area contributed by atoms with Crippen molar-refractivity contribution in [3.8, 4) is 11.5 Å². The molecule has 2 N–H and O–H groups in total. The quantitative estimate of drug-likeness (QED) is 0.351. The van der Waals surface area contributed by atoms with Crippen molar-refractivity contribution in [1.82, 2.24) is 0 Å². The fourth-order valence-electron chi connectivity index (χ4n) is 5.31. The molecule has 2 aliphatic rings. The number of phenolic OH excluding ortho intramolecular Hbond substituents is 2. The van der Waals surface area contributed by atoms with Crippen molar-refractivity contribution in [2.45, 2.75) is 108 Å². The molecule has 4 nitrogen and oxygen atoms in total. The number of benzene rings is 2. The Kier molecular flexibility index (Phi) is 9.08. The number of hydrogen-bond acceptors (Lipinski definition) is 4. The highest BCUT2D eigenvalue weighted by molar-refractivity contribution is 5.26. The van der Waals surface area contributed by atoms with E-state index in [4.69, 9.17) is 9.47 Å². The third-order valence-electron chi connectivity index (χ3n) is 7.33. The van der Waals surface area contributed by atoms with Gasteiger partial charge < -0.3 is 19.7 Å². The van der Waals surface area contributed by atoms with Crippen LogP contribution in [0.1, 0.15) is 81.8 Å². The van der Waals surface area contributed by atoms with Gasteiger partial charge in [-0.3, -0.25) is 0 Å². The minimum Gasteiger partial charge on any atom is -0.508 e. The lowest BCUT2D eigenvalue weighted by atomic mass is 10.0. The van der Waals surface area contributed by atoms with E-state index in [1.54, 1.807) is 24.3 Å². The third kappa shape index (κ3) is 8.04. The van der Waals surface area contributed by atoms with Crippen LogP contribution in [-0.2, 0) is 22.3 Å². The second kappa shape index (κ2) is 12.4. The Morgan fingerprint density at radius 3 is 1.27 bits per heavy atom. The van der Waals surface area contributed by atoms with E-state index in [2.05, 4.69) is 0 Å². The van der Waals surface area contributed by atoms with Crippen LogP contribution >= 0.6 is 0 Å². The Bertz CT molecular complexity index is 747. The zero-order valence-electron chi connectivity index (χ0n) is 19.8. The van der Waals surface area contributed by atoms with Crippen molar-refractivity contribution >= 4 is 0 Å². The Morgan fingerprint density at radius 1 is 0.515 bits per heavy atom. The smallest absolute Gasteiger partial charge is 0.115 e. The number of phenols is 2. The zero-order valence-corrected chi connectivity index (χ0v) is 19.8. The van der Waals surface area contributed by atoms with Crippen LogP contribution in [0.2, 0.25) is 0 Å². The van der Waals surface area contributed by atoms with Gasteiger partial charge >= 0.3 is 0 Å². The maximum absolute atomic E-state index is 9.39. The summed E-state index contributed by atoms with van der Waals surface area (Å²) in [6.07, 6.45) is 16.8. The molecule has 180 valence electrons. The highest BCUT2D eigenvalue weighted by Gasteiger charge is 2.26. The predicted octanol–water partition coefficient (Wildman–Crippen LogP) is 6.71. The van der Waals surface area contributed by atoms with Gasteiger partial charge in [0.1, 0.15) is 11.5 Å². The monoisotopic (exact) mass is 452 g/mol. The van der Waals surface area contributed by atoms with Crippen molar-refractivity contribution in [1.29, 1.82) is 0 Å². The minimum absolute atomic E-state index is 0.334. The van der Waals surface area contributed by atoms with Gasteiger partial charge in [0.2, 0.25) is 0 Å². The summed E-state index contributed by atoms with van der Waals surface area (Å²) in [7, 11) is 0. The molecule has 2 aromatic rings. The highest BCUT2D eigenvalue weighted by atomic mass is 16.5. The summed E-state index contributed by atoms with van der Waals surface area (Å²) >= 11 is 0.